The first kappa shape index (κ1) is 13.6. The summed E-state index contributed by atoms with van der Waals surface area (Å²) in [5.41, 5.74) is 3.67. The Labute approximate surface area is 117 Å². The third-order valence-corrected chi connectivity index (χ3v) is 3.08. The lowest BCUT2D eigenvalue weighted by atomic mass is 10.1. The summed E-state index contributed by atoms with van der Waals surface area (Å²) in [5, 5.41) is 2.87. The van der Waals surface area contributed by atoms with Crippen LogP contribution in [-0.2, 0) is 12.4 Å². The molecule has 1 aromatic carbocycles. The maximum atomic E-state index is 11.9. The van der Waals surface area contributed by atoms with Gasteiger partial charge in [-0.2, -0.15) is 0 Å². The van der Waals surface area contributed by atoms with E-state index in [0.29, 0.717) is 18.0 Å². The number of aromatic nitrogens is 1. The number of alkyl halides is 1. The number of carbonyl (C=O) groups excluding carboxylic acids is 1. The van der Waals surface area contributed by atoms with E-state index in [1.807, 2.05) is 37.3 Å². The number of hydrogen-bond donors (Lipinski definition) is 1. The van der Waals surface area contributed by atoms with Crippen molar-refractivity contribution in [2.45, 2.75) is 19.3 Å². The van der Waals surface area contributed by atoms with Crippen molar-refractivity contribution < 1.29 is 4.79 Å². The average molecular weight is 275 g/mol. The van der Waals surface area contributed by atoms with Gasteiger partial charge in [-0.3, -0.25) is 9.78 Å². The van der Waals surface area contributed by atoms with Crippen LogP contribution in [0.25, 0.3) is 0 Å². The molecule has 19 heavy (non-hydrogen) atoms. The average Bonchev–Trinajstić information content (AvgIpc) is 2.45. The van der Waals surface area contributed by atoms with Crippen LogP contribution in [0, 0.1) is 6.92 Å². The third-order valence-electron chi connectivity index (χ3n) is 2.77. The van der Waals surface area contributed by atoms with Gasteiger partial charge in [0.05, 0.1) is 5.56 Å². The number of nitrogens with one attached hydrogen (secondary N) is 1. The number of rotatable bonds is 4. The van der Waals surface area contributed by atoms with Crippen molar-refractivity contribution in [3.63, 3.8) is 0 Å². The van der Waals surface area contributed by atoms with Crippen molar-refractivity contribution in [3.8, 4) is 0 Å². The molecule has 0 radical (unpaired) electrons. The Morgan fingerprint density at radius 2 is 1.89 bits per heavy atom. The minimum Gasteiger partial charge on any atom is -0.348 e. The van der Waals surface area contributed by atoms with Crippen LogP contribution in [0.1, 0.15) is 27.0 Å². The molecule has 0 aliphatic heterocycles. The smallest absolute Gasteiger partial charge is 0.253 e. The summed E-state index contributed by atoms with van der Waals surface area (Å²) in [6.07, 6.45) is 3.29. The molecule has 1 aromatic heterocycles. The molecule has 0 aliphatic rings. The van der Waals surface area contributed by atoms with Gasteiger partial charge in [0.25, 0.3) is 5.91 Å². The molecule has 0 fully saturated rings. The quantitative estimate of drug-likeness (QED) is 0.871. The first-order valence-corrected chi connectivity index (χ1v) is 6.56. The lowest BCUT2D eigenvalue weighted by molar-refractivity contribution is 0.0950. The van der Waals surface area contributed by atoms with Crippen LogP contribution < -0.4 is 5.32 Å². The van der Waals surface area contributed by atoms with Gasteiger partial charge in [0.2, 0.25) is 0 Å². The molecule has 0 bridgehead atoms. The van der Waals surface area contributed by atoms with Crippen molar-refractivity contribution in [1.29, 1.82) is 0 Å². The van der Waals surface area contributed by atoms with Crippen molar-refractivity contribution in [1.82, 2.24) is 10.3 Å². The van der Waals surface area contributed by atoms with Gasteiger partial charge in [-0.05, 0) is 29.7 Å². The molecule has 0 aliphatic carbocycles. The van der Waals surface area contributed by atoms with Gasteiger partial charge in [0.15, 0.2) is 0 Å². The van der Waals surface area contributed by atoms with Gasteiger partial charge in [-0.15, -0.1) is 11.6 Å². The number of carbonyl (C=O) groups is 1. The molecule has 4 heteroatoms. The second-order valence-corrected chi connectivity index (χ2v) is 4.65. The molecule has 0 unspecified atom stereocenters. The molecular formula is C15H15ClN2O. The van der Waals surface area contributed by atoms with Crippen LogP contribution in [0.15, 0.2) is 42.7 Å². The topological polar surface area (TPSA) is 42.0 Å². The summed E-state index contributed by atoms with van der Waals surface area (Å²) in [5.74, 6) is 0.388. The maximum absolute atomic E-state index is 11.9. The highest BCUT2D eigenvalue weighted by molar-refractivity contribution is 6.17. The minimum atomic E-state index is -0.113. The number of pyridine rings is 1. The number of amides is 1. The Bertz CT molecular complexity index is 567. The summed E-state index contributed by atoms with van der Waals surface area (Å²) in [7, 11) is 0. The zero-order chi connectivity index (χ0) is 13.7. The van der Waals surface area contributed by atoms with Gasteiger partial charge >= 0.3 is 0 Å². The first-order chi connectivity index (χ1) is 9.19. The van der Waals surface area contributed by atoms with Crippen molar-refractivity contribution in [2.75, 3.05) is 0 Å². The normalized spacial score (nSPS) is 10.2. The minimum absolute atomic E-state index is 0.113. The summed E-state index contributed by atoms with van der Waals surface area (Å²) in [6, 6.07) is 9.67. The van der Waals surface area contributed by atoms with Crippen LogP contribution in [0.2, 0.25) is 0 Å². The first-order valence-electron chi connectivity index (χ1n) is 6.02. The van der Waals surface area contributed by atoms with E-state index >= 15 is 0 Å². The van der Waals surface area contributed by atoms with Crippen molar-refractivity contribution in [2.24, 2.45) is 0 Å². The second kappa shape index (κ2) is 6.34. The van der Waals surface area contributed by atoms with E-state index < -0.39 is 0 Å². The molecule has 0 saturated heterocycles. The monoisotopic (exact) mass is 274 g/mol. The summed E-state index contributed by atoms with van der Waals surface area (Å²) >= 11 is 5.72. The number of halogens is 1. The predicted octanol–water partition coefficient (Wildman–Crippen LogP) is 3.06. The second-order valence-electron chi connectivity index (χ2n) is 4.38. The number of aryl methyl sites for hydroxylation is 1. The van der Waals surface area contributed by atoms with Crippen LogP contribution in [0.4, 0.5) is 0 Å². The Hall–Kier alpha value is -1.87. The Balaban J connectivity index is 1.96. The van der Waals surface area contributed by atoms with E-state index in [0.717, 1.165) is 16.7 Å². The van der Waals surface area contributed by atoms with Crippen molar-refractivity contribution in [3.05, 3.63) is 65.0 Å². The lowest BCUT2D eigenvalue weighted by Crippen LogP contribution is -2.22. The Morgan fingerprint density at radius 1 is 1.21 bits per heavy atom. The highest BCUT2D eigenvalue weighted by Gasteiger charge is 2.05. The number of nitrogens with zero attached hydrogens (tertiary/aromatic N) is 1. The zero-order valence-corrected chi connectivity index (χ0v) is 11.4. The summed E-state index contributed by atoms with van der Waals surface area (Å²) in [6.45, 7) is 2.41. The van der Waals surface area contributed by atoms with Gasteiger partial charge in [-0.1, -0.05) is 24.3 Å². The molecule has 0 saturated carbocycles. The van der Waals surface area contributed by atoms with E-state index in [1.54, 1.807) is 12.4 Å². The molecule has 1 amide bonds. The number of hydrogen-bond acceptors (Lipinski definition) is 2. The predicted molar refractivity (Wildman–Crippen MR) is 76.1 cm³/mol. The molecule has 0 atom stereocenters. The SMILES string of the molecule is Cc1cncc(C(=O)NCc2ccc(CCl)cc2)c1. The lowest BCUT2D eigenvalue weighted by Gasteiger charge is -2.06. The van der Waals surface area contributed by atoms with E-state index in [1.165, 1.54) is 0 Å². The summed E-state index contributed by atoms with van der Waals surface area (Å²) < 4.78 is 0. The molecular weight excluding hydrogens is 260 g/mol. The largest absolute Gasteiger partial charge is 0.348 e. The van der Waals surface area contributed by atoms with Gasteiger partial charge in [-0.25, -0.2) is 0 Å². The number of benzene rings is 1. The van der Waals surface area contributed by atoms with E-state index in [2.05, 4.69) is 10.3 Å². The molecule has 1 heterocycles. The van der Waals surface area contributed by atoms with Gasteiger partial charge in [0, 0.05) is 24.8 Å². The van der Waals surface area contributed by atoms with Crippen molar-refractivity contribution >= 4 is 17.5 Å². The van der Waals surface area contributed by atoms with E-state index in [-0.39, 0.29) is 5.91 Å². The van der Waals surface area contributed by atoms with Crippen LogP contribution in [-0.4, -0.2) is 10.9 Å². The molecule has 1 N–H and O–H groups in total. The fourth-order valence-corrected chi connectivity index (χ4v) is 1.89. The fourth-order valence-electron chi connectivity index (χ4n) is 1.71. The zero-order valence-electron chi connectivity index (χ0n) is 10.7. The molecule has 2 rings (SSSR count). The van der Waals surface area contributed by atoms with E-state index in [4.69, 9.17) is 11.6 Å². The highest BCUT2D eigenvalue weighted by Crippen LogP contribution is 2.07. The molecule has 98 valence electrons. The van der Waals surface area contributed by atoms with E-state index in [9.17, 15) is 4.79 Å². The fraction of sp³-hybridized carbons (Fsp3) is 0.200. The molecule has 2 aromatic rings. The molecule has 0 spiro atoms. The summed E-state index contributed by atoms with van der Waals surface area (Å²) in [4.78, 5) is 15.9. The van der Waals surface area contributed by atoms with Crippen LogP contribution in [0.3, 0.4) is 0 Å². The standard InChI is InChI=1S/C15H15ClN2O/c1-11-6-14(10-17-8-11)15(19)18-9-13-4-2-12(7-16)3-5-13/h2-6,8,10H,7,9H2,1H3,(H,18,19). The molecule has 3 nitrogen and oxygen atoms in total. The van der Waals surface area contributed by atoms with Crippen LogP contribution in [0.5, 0.6) is 0 Å². The van der Waals surface area contributed by atoms with Gasteiger partial charge < -0.3 is 5.32 Å². The Morgan fingerprint density at radius 3 is 2.53 bits per heavy atom. The van der Waals surface area contributed by atoms with Gasteiger partial charge in [0.1, 0.15) is 0 Å². The van der Waals surface area contributed by atoms with Crippen LogP contribution >= 0.6 is 11.6 Å². The maximum Gasteiger partial charge on any atom is 0.253 e. The highest BCUT2D eigenvalue weighted by atomic mass is 35.5. The Kier molecular flexibility index (Phi) is 4.53. The third kappa shape index (κ3) is 3.80.